The van der Waals surface area contributed by atoms with Gasteiger partial charge >= 0.3 is 5.97 Å². The molecule has 4 nitrogen and oxygen atoms in total. The summed E-state index contributed by atoms with van der Waals surface area (Å²) in [6.07, 6.45) is 3.12. The third-order valence-electron chi connectivity index (χ3n) is 1.76. The molecule has 0 N–H and O–H groups in total. The summed E-state index contributed by atoms with van der Waals surface area (Å²) in [5, 5.41) is 0. The Morgan fingerprint density at radius 2 is 1.94 bits per heavy atom. The van der Waals surface area contributed by atoms with Crippen molar-refractivity contribution in [1.82, 2.24) is 0 Å². The molecule has 0 spiro atoms. The molecular weight excluding hydrogens is 228 g/mol. The summed E-state index contributed by atoms with van der Waals surface area (Å²) in [5.41, 5.74) is 0.324. The Labute approximate surface area is 101 Å². The highest BCUT2D eigenvalue weighted by Crippen LogP contribution is 1.96. The second-order valence-electron chi connectivity index (χ2n) is 3.11. The van der Waals surface area contributed by atoms with Crippen molar-refractivity contribution in [1.29, 1.82) is 0 Å². The second-order valence-corrected chi connectivity index (χ2v) is 4.09. The first-order valence-electron chi connectivity index (χ1n) is 5.13. The predicted octanol–water partition coefficient (Wildman–Crippen LogP) is 1.50. The Morgan fingerprint density at radius 3 is 2.56 bits per heavy atom. The molecule has 0 aromatic rings. The molecule has 0 saturated carbocycles. The van der Waals surface area contributed by atoms with Gasteiger partial charge in [0.25, 0.3) is 0 Å². The summed E-state index contributed by atoms with van der Waals surface area (Å²) in [4.78, 5) is 10.9. The fraction of sp³-hybridized carbons (Fsp3) is 0.727. The third-order valence-corrected chi connectivity index (χ3v) is 2.46. The number of hydrogen-bond acceptors (Lipinski definition) is 5. The minimum absolute atomic E-state index is 0.195. The number of carbonyl (C=O) groups is 1. The summed E-state index contributed by atoms with van der Waals surface area (Å²) < 4.78 is 15.0. The molecule has 94 valence electrons. The maximum Gasteiger partial charge on any atom is 0.335 e. The van der Waals surface area contributed by atoms with Crippen molar-refractivity contribution in [3.05, 3.63) is 12.2 Å². The van der Waals surface area contributed by atoms with Gasteiger partial charge in [0.2, 0.25) is 0 Å². The molecule has 0 rings (SSSR count). The number of carbonyl (C=O) groups excluding carboxylic acids is 1. The second kappa shape index (κ2) is 11.0. The number of esters is 1. The lowest BCUT2D eigenvalue weighted by Gasteiger charge is -2.06. The Kier molecular flexibility index (Phi) is 10.6. The summed E-state index contributed by atoms with van der Waals surface area (Å²) in [7, 11) is 1.32. The van der Waals surface area contributed by atoms with Gasteiger partial charge in [0.05, 0.1) is 32.5 Å². The molecule has 0 bridgehead atoms. The molecule has 16 heavy (non-hydrogen) atoms. The van der Waals surface area contributed by atoms with Gasteiger partial charge in [-0.25, -0.2) is 4.79 Å². The Hall–Kier alpha value is -0.520. The number of rotatable bonds is 10. The van der Waals surface area contributed by atoms with Gasteiger partial charge in [0, 0.05) is 6.61 Å². The molecule has 0 unspecified atom stereocenters. The largest absolute Gasteiger partial charge is 0.466 e. The van der Waals surface area contributed by atoms with Crippen LogP contribution in [-0.4, -0.2) is 51.5 Å². The van der Waals surface area contributed by atoms with Gasteiger partial charge in [0.1, 0.15) is 0 Å². The van der Waals surface area contributed by atoms with Crippen LogP contribution < -0.4 is 0 Å². The van der Waals surface area contributed by atoms with E-state index in [-0.39, 0.29) is 6.61 Å². The lowest BCUT2D eigenvalue weighted by Crippen LogP contribution is -2.12. The van der Waals surface area contributed by atoms with Crippen LogP contribution >= 0.6 is 11.8 Å². The number of ether oxygens (including phenoxy) is 3. The normalized spacial score (nSPS) is 10.1. The molecule has 5 heteroatoms. The lowest BCUT2D eigenvalue weighted by atomic mass is 10.3. The molecule has 0 aliphatic heterocycles. The summed E-state index contributed by atoms with van der Waals surface area (Å²) in [6.45, 7) is 5.50. The molecule has 0 aromatic heterocycles. The zero-order valence-corrected chi connectivity index (χ0v) is 10.8. The van der Waals surface area contributed by atoms with Crippen LogP contribution in [0.3, 0.4) is 0 Å². The Bertz CT molecular complexity index is 206. The zero-order chi connectivity index (χ0) is 12.2. The average Bonchev–Trinajstić information content (AvgIpc) is 2.31. The smallest absolute Gasteiger partial charge is 0.335 e. The van der Waals surface area contributed by atoms with Crippen LogP contribution in [0.15, 0.2) is 12.2 Å². The Morgan fingerprint density at radius 1 is 1.25 bits per heavy atom. The van der Waals surface area contributed by atoms with Crippen molar-refractivity contribution in [2.75, 3.05) is 45.5 Å². The fourth-order valence-electron chi connectivity index (χ4n) is 0.924. The number of methoxy groups -OCH3 is 1. The van der Waals surface area contributed by atoms with Crippen molar-refractivity contribution in [3.63, 3.8) is 0 Å². The van der Waals surface area contributed by atoms with E-state index in [1.165, 1.54) is 7.11 Å². The van der Waals surface area contributed by atoms with Gasteiger partial charge in [0.15, 0.2) is 0 Å². The van der Waals surface area contributed by atoms with Crippen LogP contribution in [0.4, 0.5) is 0 Å². The van der Waals surface area contributed by atoms with E-state index in [1.807, 2.05) is 0 Å². The summed E-state index contributed by atoms with van der Waals surface area (Å²) in [6, 6.07) is 0. The molecule has 0 fully saturated rings. The molecule has 0 aliphatic carbocycles. The quantitative estimate of drug-likeness (QED) is 0.333. The van der Waals surface area contributed by atoms with Crippen molar-refractivity contribution in [2.24, 2.45) is 0 Å². The fourth-order valence-corrected chi connectivity index (χ4v) is 1.33. The highest BCUT2D eigenvalue weighted by atomic mass is 32.2. The maximum absolute atomic E-state index is 10.9. The van der Waals surface area contributed by atoms with Gasteiger partial charge < -0.3 is 14.2 Å². The van der Waals surface area contributed by atoms with Gasteiger partial charge in [-0.1, -0.05) is 6.58 Å². The third kappa shape index (κ3) is 8.76. The zero-order valence-electron chi connectivity index (χ0n) is 9.99. The van der Waals surface area contributed by atoms with E-state index >= 15 is 0 Å². The van der Waals surface area contributed by atoms with Crippen LogP contribution in [0, 0.1) is 0 Å². The molecule has 0 amide bonds. The van der Waals surface area contributed by atoms with Gasteiger partial charge in [-0.3, -0.25) is 0 Å². The van der Waals surface area contributed by atoms with Gasteiger partial charge in [-0.2, -0.15) is 11.8 Å². The average molecular weight is 248 g/mol. The first-order chi connectivity index (χ1) is 7.72. The van der Waals surface area contributed by atoms with Crippen LogP contribution in [0.25, 0.3) is 0 Å². The molecule has 0 saturated heterocycles. The van der Waals surface area contributed by atoms with Crippen molar-refractivity contribution < 1.29 is 19.0 Å². The van der Waals surface area contributed by atoms with E-state index in [2.05, 4.69) is 17.6 Å². The van der Waals surface area contributed by atoms with E-state index in [4.69, 9.17) is 9.47 Å². The van der Waals surface area contributed by atoms with Crippen molar-refractivity contribution in [2.45, 2.75) is 6.42 Å². The SMILES string of the molecule is C=C(COCCOCCCSC)C(=O)OC. The number of hydrogen-bond donors (Lipinski definition) is 0. The molecule has 0 aliphatic rings. The number of thioether (sulfide) groups is 1. The molecule has 0 heterocycles. The highest BCUT2D eigenvalue weighted by molar-refractivity contribution is 7.98. The van der Waals surface area contributed by atoms with E-state index in [0.717, 1.165) is 18.8 Å². The Balaban J connectivity index is 3.21. The lowest BCUT2D eigenvalue weighted by molar-refractivity contribution is -0.136. The minimum atomic E-state index is -0.430. The molecule has 0 radical (unpaired) electrons. The van der Waals surface area contributed by atoms with Crippen LogP contribution in [0.5, 0.6) is 0 Å². The maximum atomic E-state index is 10.9. The summed E-state index contributed by atoms with van der Waals surface area (Å²) >= 11 is 1.81. The first kappa shape index (κ1) is 15.5. The standard InChI is InChI=1S/C11H20O4S/c1-10(11(12)13-2)9-15-7-6-14-5-4-8-16-3/h1,4-9H2,2-3H3. The van der Waals surface area contributed by atoms with Gasteiger partial charge in [-0.05, 0) is 18.4 Å². The van der Waals surface area contributed by atoms with E-state index in [1.54, 1.807) is 11.8 Å². The van der Waals surface area contributed by atoms with Gasteiger partial charge in [-0.15, -0.1) is 0 Å². The van der Waals surface area contributed by atoms with E-state index < -0.39 is 5.97 Å². The van der Waals surface area contributed by atoms with Crippen LogP contribution in [0.2, 0.25) is 0 Å². The van der Waals surface area contributed by atoms with E-state index in [0.29, 0.717) is 18.8 Å². The van der Waals surface area contributed by atoms with E-state index in [9.17, 15) is 4.79 Å². The van der Waals surface area contributed by atoms with Crippen molar-refractivity contribution in [3.8, 4) is 0 Å². The van der Waals surface area contributed by atoms with Crippen LogP contribution in [-0.2, 0) is 19.0 Å². The molecule has 0 aromatic carbocycles. The molecular formula is C11H20O4S. The van der Waals surface area contributed by atoms with Crippen molar-refractivity contribution >= 4 is 17.7 Å². The molecule has 0 atom stereocenters. The predicted molar refractivity (Wildman–Crippen MR) is 65.8 cm³/mol. The minimum Gasteiger partial charge on any atom is -0.466 e. The monoisotopic (exact) mass is 248 g/mol. The van der Waals surface area contributed by atoms with Crippen LogP contribution in [0.1, 0.15) is 6.42 Å². The first-order valence-corrected chi connectivity index (χ1v) is 6.52. The topological polar surface area (TPSA) is 44.8 Å². The summed E-state index contributed by atoms with van der Waals surface area (Å²) in [5.74, 6) is 0.681. The highest BCUT2D eigenvalue weighted by Gasteiger charge is 2.05.